The van der Waals surface area contributed by atoms with E-state index >= 15 is 0 Å². The molecule has 5 heteroatoms. The fourth-order valence-corrected chi connectivity index (χ4v) is 0.778. The number of ketones is 1. The summed E-state index contributed by atoms with van der Waals surface area (Å²) in [5, 5.41) is 17.1. The molecule has 1 aromatic rings. The second kappa shape index (κ2) is 4.18. The maximum atomic E-state index is 11.2. The Morgan fingerprint density at radius 3 is 2.57 bits per heavy atom. The zero-order valence-corrected chi connectivity index (χ0v) is 7.04. The lowest BCUT2D eigenvalue weighted by Crippen LogP contribution is -2.03. The molecule has 0 aromatic carbocycles. The highest BCUT2D eigenvalue weighted by Crippen LogP contribution is 2.00. The topological polar surface area (TPSA) is 87.5 Å². The third-order valence-corrected chi connectivity index (χ3v) is 1.43. The van der Waals surface area contributed by atoms with Crippen LogP contribution in [0.3, 0.4) is 0 Å². The molecule has 0 saturated carbocycles. The van der Waals surface area contributed by atoms with Gasteiger partial charge in [-0.1, -0.05) is 0 Å². The first-order chi connectivity index (χ1) is 6.61. The molecule has 0 fully saturated rings. The van der Waals surface area contributed by atoms with Gasteiger partial charge in [0.2, 0.25) is 5.76 Å². The quantitative estimate of drug-likeness (QED) is 0.421. The summed E-state index contributed by atoms with van der Waals surface area (Å²) in [4.78, 5) is 25.1. The van der Waals surface area contributed by atoms with E-state index in [4.69, 9.17) is 10.2 Å². The Balaban J connectivity index is 2.88. The fraction of sp³-hybridized carbons (Fsp3) is 0. The number of nitrogens with zero attached hydrogens (tertiary/aromatic N) is 1. The van der Waals surface area contributed by atoms with Gasteiger partial charge in [-0.15, -0.1) is 0 Å². The first-order valence-electron chi connectivity index (χ1n) is 3.69. The van der Waals surface area contributed by atoms with E-state index in [0.717, 1.165) is 0 Å². The van der Waals surface area contributed by atoms with Crippen molar-refractivity contribution >= 4 is 11.8 Å². The summed E-state index contributed by atoms with van der Waals surface area (Å²) in [5.74, 6) is -3.13. The van der Waals surface area contributed by atoms with Gasteiger partial charge in [-0.3, -0.25) is 9.78 Å². The van der Waals surface area contributed by atoms with E-state index in [1.807, 2.05) is 0 Å². The number of carboxylic acid groups (broad SMARTS) is 1. The van der Waals surface area contributed by atoms with E-state index in [0.29, 0.717) is 6.08 Å². The van der Waals surface area contributed by atoms with Crippen molar-refractivity contribution in [2.45, 2.75) is 0 Å². The van der Waals surface area contributed by atoms with Gasteiger partial charge in [0, 0.05) is 24.0 Å². The molecule has 0 aliphatic carbocycles. The SMILES string of the molecule is O=C(O)/C(O)=C/C(=O)c1cccnc1. The van der Waals surface area contributed by atoms with Crippen LogP contribution in [-0.4, -0.2) is 26.9 Å². The normalized spacial score (nSPS) is 11.0. The third kappa shape index (κ3) is 2.41. The number of carboxylic acids is 1. The molecule has 5 nitrogen and oxygen atoms in total. The molecule has 1 aromatic heterocycles. The standard InChI is InChI=1S/C9H7NO4/c11-7(4-8(12)9(13)14)6-2-1-3-10-5-6/h1-5,12H,(H,13,14)/b8-4-. The van der Waals surface area contributed by atoms with E-state index in [2.05, 4.69) is 4.98 Å². The second-order valence-corrected chi connectivity index (χ2v) is 2.44. The van der Waals surface area contributed by atoms with Crippen molar-refractivity contribution in [3.63, 3.8) is 0 Å². The number of rotatable bonds is 3. The van der Waals surface area contributed by atoms with Crippen LogP contribution in [0, 0.1) is 0 Å². The Kier molecular flexibility index (Phi) is 2.96. The maximum absolute atomic E-state index is 11.2. The summed E-state index contributed by atoms with van der Waals surface area (Å²) >= 11 is 0. The molecule has 0 bridgehead atoms. The number of pyridine rings is 1. The van der Waals surface area contributed by atoms with Crippen LogP contribution in [0.25, 0.3) is 0 Å². The molecule has 0 unspecified atom stereocenters. The number of aliphatic hydroxyl groups excluding tert-OH is 1. The van der Waals surface area contributed by atoms with Crippen molar-refractivity contribution < 1.29 is 19.8 Å². The van der Waals surface area contributed by atoms with Crippen LogP contribution in [-0.2, 0) is 4.79 Å². The average Bonchev–Trinajstić information content (AvgIpc) is 2.19. The Bertz CT molecular complexity index is 383. The Labute approximate surface area is 79.3 Å². The third-order valence-electron chi connectivity index (χ3n) is 1.43. The van der Waals surface area contributed by atoms with E-state index in [1.54, 1.807) is 6.07 Å². The lowest BCUT2D eigenvalue weighted by molar-refractivity contribution is -0.135. The highest BCUT2D eigenvalue weighted by molar-refractivity contribution is 6.07. The zero-order valence-electron chi connectivity index (χ0n) is 7.04. The van der Waals surface area contributed by atoms with Crippen LogP contribution in [0.2, 0.25) is 0 Å². The molecule has 0 amide bonds. The molecule has 0 atom stereocenters. The van der Waals surface area contributed by atoms with Crippen molar-refractivity contribution in [1.29, 1.82) is 0 Å². The summed E-state index contributed by atoms with van der Waals surface area (Å²) in [6.07, 6.45) is 3.41. The summed E-state index contributed by atoms with van der Waals surface area (Å²) in [6.45, 7) is 0. The molecular weight excluding hydrogens is 186 g/mol. The number of aliphatic hydroxyl groups is 1. The van der Waals surface area contributed by atoms with Crippen LogP contribution >= 0.6 is 0 Å². The molecule has 0 aliphatic heterocycles. The number of aliphatic carboxylic acids is 1. The first-order valence-corrected chi connectivity index (χ1v) is 3.69. The Hall–Kier alpha value is -2.17. The minimum atomic E-state index is -1.54. The molecule has 0 aliphatic rings. The van der Waals surface area contributed by atoms with Crippen molar-refractivity contribution in [2.75, 3.05) is 0 Å². The van der Waals surface area contributed by atoms with Crippen LogP contribution < -0.4 is 0 Å². The summed E-state index contributed by atoms with van der Waals surface area (Å²) in [7, 11) is 0. The molecular formula is C9H7NO4. The van der Waals surface area contributed by atoms with Gasteiger partial charge < -0.3 is 10.2 Å². The van der Waals surface area contributed by atoms with Gasteiger partial charge >= 0.3 is 5.97 Å². The molecule has 1 rings (SSSR count). The van der Waals surface area contributed by atoms with E-state index in [1.165, 1.54) is 18.5 Å². The van der Waals surface area contributed by atoms with E-state index in [-0.39, 0.29) is 5.56 Å². The summed E-state index contributed by atoms with van der Waals surface area (Å²) < 4.78 is 0. The Morgan fingerprint density at radius 2 is 2.07 bits per heavy atom. The molecule has 14 heavy (non-hydrogen) atoms. The van der Waals surface area contributed by atoms with E-state index < -0.39 is 17.5 Å². The van der Waals surface area contributed by atoms with Crippen molar-refractivity contribution in [3.05, 3.63) is 41.9 Å². The highest BCUT2D eigenvalue weighted by atomic mass is 16.4. The van der Waals surface area contributed by atoms with Crippen LogP contribution in [0.4, 0.5) is 0 Å². The van der Waals surface area contributed by atoms with Gasteiger partial charge in [0.25, 0.3) is 0 Å². The van der Waals surface area contributed by atoms with Crippen molar-refractivity contribution in [3.8, 4) is 0 Å². The lowest BCUT2D eigenvalue weighted by Gasteiger charge is -1.94. The Morgan fingerprint density at radius 1 is 1.36 bits per heavy atom. The smallest absolute Gasteiger partial charge is 0.371 e. The largest absolute Gasteiger partial charge is 0.502 e. The number of aromatic nitrogens is 1. The summed E-state index contributed by atoms with van der Waals surface area (Å²) in [5.41, 5.74) is 0.223. The zero-order chi connectivity index (χ0) is 10.6. The molecule has 1 heterocycles. The number of hydrogen-bond acceptors (Lipinski definition) is 4. The van der Waals surface area contributed by atoms with Crippen LogP contribution in [0.5, 0.6) is 0 Å². The molecule has 72 valence electrons. The van der Waals surface area contributed by atoms with E-state index in [9.17, 15) is 9.59 Å². The van der Waals surface area contributed by atoms with Crippen LogP contribution in [0.15, 0.2) is 36.4 Å². The van der Waals surface area contributed by atoms with Gasteiger partial charge in [-0.2, -0.15) is 0 Å². The first kappa shape index (κ1) is 9.91. The minimum Gasteiger partial charge on any atom is -0.502 e. The van der Waals surface area contributed by atoms with Crippen molar-refractivity contribution in [2.24, 2.45) is 0 Å². The van der Waals surface area contributed by atoms with Gasteiger partial charge in [-0.25, -0.2) is 4.79 Å². The highest BCUT2D eigenvalue weighted by Gasteiger charge is 2.08. The minimum absolute atomic E-state index is 0.223. The number of allylic oxidation sites excluding steroid dienone is 1. The van der Waals surface area contributed by atoms with Gasteiger partial charge in [-0.05, 0) is 12.1 Å². The van der Waals surface area contributed by atoms with Gasteiger partial charge in [0.05, 0.1) is 0 Å². The van der Waals surface area contributed by atoms with Crippen molar-refractivity contribution in [1.82, 2.24) is 4.98 Å². The van der Waals surface area contributed by atoms with Crippen LogP contribution in [0.1, 0.15) is 10.4 Å². The predicted molar refractivity (Wildman–Crippen MR) is 46.9 cm³/mol. The van der Waals surface area contributed by atoms with Gasteiger partial charge in [0.1, 0.15) is 0 Å². The maximum Gasteiger partial charge on any atom is 0.371 e. The number of carbonyl (C=O) groups is 2. The number of carbonyl (C=O) groups excluding carboxylic acids is 1. The summed E-state index contributed by atoms with van der Waals surface area (Å²) in [6, 6.07) is 3.01. The molecule has 0 spiro atoms. The molecule has 2 N–H and O–H groups in total. The average molecular weight is 193 g/mol. The second-order valence-electron chi connectivity index (χ2n) is 2.44. The van der Waals surface area contributed by atoms with Gasteiger partial charge in [0.15, 0.2) is 5.78 Å². The lowest BCUT2D eigenvalue weighted by atomic mass is 10.2. The molecule has 0 radical (unpaired) electrons. The monoisotopic (exact) mass is 193 g/mol. The number of hydrogen-bond donors (Lipinski definition) is 2. The predicted octanol–water partition coefficient (Wildman–Crippen LogP) is 0.791. The fourth-order valence-electron chi connectivity index (χ4n) is 0.778. The molecule has 0 saturated heterocycles.